The van der Waals surface area contributed by atoms with Crippen molar-refractivity contribution < 1.29 is 31.1 Å². The molecule has 4 heterocycles. The van der Waals surface area contributed by atoms with E-state index in [1.807, 2.05) is 25.1 Å². The number of amides is 1. The first-order valence-corrected chi connectivity index (χ1v) is 15.7. The number of nitrogens with one attached hydrogen (secondary N) is 2. The quantitative estimate of drug-likeness (QED) is 0.433. The Morgan fingerprint density at radius 2 is 1.83 bits per heavy atom. The van der Waals surface area contributed by atoms with Crippen LogP contribution >= 0.6 is 11.3 Å². The van der Waals surface area contributed by atoms with Gasteiger partial charge in [-0.15, -0.1) is 11.3 Å². The van der Waals surface area contributed by atoms with Gasteiger partial charge in [0.05, 0.1) is 21.2 Å². The van der Waals surface area contributed by atoms with Gasteiger partial charge in [-0.1, -0.05) is 6.92 Å². The predicted octanol–water partition coefficient (Wildman–Crippen LogP) is 4.06. The van der Waals surface area contributed by atoms with Crippen LogP contribution in [0.15, 0.2) is 35.4 Å². The van der Waals surface area contributed by atoms with Gasteiger partial charge >= 0.3 is 6.18 Å². The molecule has 1 fully saturated rings. The number of alkyl halides is 3. The second-order valence-corrected chi connectivity index (χ2v) is 12.9. The van der Waals surface area contributed by atoms with E-state index in [-0.39, 0.29) is 32.9 Å². The van der Waals surface area contributed by atoms with E-state index in [0.717, 1.165) is 43.5 Å². The van der Waals surface area contributed by atoms with Gasteiger partial charge in [-0.25, -0.2) is 18.4 Å². The summed E-state index contributed by atoms with van der Waals surface area (Å²) >= 11 is 0.688. The number of anilines is 3. The van der Waals surface area contributed by atoms with Crippen molar-refractivity contribution in [2.45, 2.75) is 24.4 Å². The third-order valence-corrected chi connectivity index (χ3v) is 9.77. The maximum atomic E-state index is 14.0. The molecule has 0 unspecified atom stereocenters. The number of fused-ring (bicyclic) bond motifs is 1. The second kappa shape index (κ2) is 12.9. The minimum atomic E-state index is -4.80. The van der Waals surface area contributed by atoms with E-state index in [9.17, 15) is 26.4 Å². The molecular weight excluding hydrogens is 593 g/mol. The Labute approximate surface area is 246 Å². The molecule has 2 aliphatic rings. The monoisotopic (exact) mass is 626 g/mol. The number of piperazine rings is 1. The largest absolute Gasteiger partial charge is 0.420 e. The zero-order valence-corrected chi connectivity index (χ0v) is 25.3. The van der Waals surface area contributed by atoms with Gasteiger partial charge in [-0.3, -0.25) is 4.79 Å². The molecule has 0 atom stereocenters. The molecule has 2 aromatic heterocycles. The van der Waals surface area contributed by atoms with Gasteiger partial charge < -0.3 is 25.2 Å². The number of benzene rings is 1. The molecule has 1 amide bonds. The molecule has 3 aromatic rings. The predicted molar refractivity (Wildman–Crippen MR) is 156 cm³/mol. The summed E-state index contributed by atoms with van der Waals surface area (Å²) in [4.78, 5) is 23.9. The fourth-order valence-electron chi connectivity index (χ4n) is 4.59. The molecule has 0 spiro atoms. The number of ether oxygens (including phenoxy) is 1. The number of aromatic nitrogens is 2. The van der Waals surface area contributed by atoms with Gasteiger partial charge in [0.25, 0.3) is 5.91 Å². The molecule has 10 nitrogen and oxygen atoms in total. The van der Waals surface area contributed by atoms with Crippen LogP contribution in [-0.2, 0) is 27.2 Å². The van der Waals surface area contributed by atoms with E-state index in [1.54, 1.807) is 14.2 Å². The number of methoxy groups -OCH3 is 1. The van der Waals surface area contributed by atoms with E-state index >= 15 is 0 Å². The van der Waals surface area contributed by atoms with Gasteiger partial charge in [0.2, 0.25) is 5.95 Å². The lowest BCUT2D eigenvalue weighted by Gasteiger charge is -2.30. The molecule has 5 rings (SSSR count). The molecule has 0 aliphatic carbocycles. The number of carbonyl (C=O) groups excluding carboxylic acids is 1. The number of thiophene rings is 1. The number of aryl methyl sites for hydroxylation is 1. The van der Waals surface area contributed by atoms with Crippen molar-refractivity contribution in [3.05, 3.63) is 46.5 Å². The Bertz CT molecular complexity index is 1540. The van der Waals surface area contributed by atoms with Crippen molar-refractivity contribution in [1.82, 2.24) is 20.2 Å². The van der Waals surface area contributed by atoms with E-state index in [1.165, 1.54) is 11.9 Å². The van der Waals surface area contributed by atoms with Crippen LogP contribution in [0.2, 0.25) is 0 Å². The highest BCUT2D eigenvalue weighted by molar-refractivity contribution is 7.91. The number of hydrogen-bond donors (Lipinski definition) is 2. The number of halogens is 3. The van der Waals surface area contributed by atoms with Crippen molar-refractivity contribution >= 4 is 44.4 Å². The van der Waals surface area contributed by atoms with E-state index in [4.69, 9.17) is 0 Å². The molecule has 42 heavy (non-hydrogen) atoms. The normalized spacial score (nSPS) is 16.8. The zero-order chi connectivity index (χ0) is 30.7. The maximum Gasteiger partial charge on any atom is 0.420 e. The highest BCUT2D eigenvalue weighted by Crippen LogP contribution is 2.42. The lowest BCUT2D eigenvalue weighted by molar-refractivity contribution is -0.137. The van der Waals surface area contributed by atoms with Gasteiger partial charge in [0, 0.05) is 71.6 Å². The molecule has 0 bridgehead atoms. The van der Waals surface area contributed by atoms with E-state index < -0.39 is 33.2 Å². The van der Waals surface area contributed by atoms with Crippen molar-refractivity contribution in [2.75, 3.05) is 70.0 Å². The van der Waals surface area contributed by atoms with Crippen LogP contribution in [0, 0.1) is 0 Å². The molecule has 15 heteroatoms. The summed E-state index contributed by atoms with van der Waals surface area (Å²) in [5.41, 5.74) is 1.05. The first-order chi connectivity index (χ1) is 19.9. The standard InChI is InChI=1S/C25H27F3N6O3S2.C2H6O/c1-3-15-12-16(34-8-6-29-7-9-34)4-5-18(15)31-24-30-14-17(25(26,27)28)21(32-24)19-13-20-22(38-19)23(35)33(2)10-11-39(20,36)37;1-3-2/h4-5,12-14,29H,3,6-11H2,1-2H3,(H,30,31,32);1-2H3. The summed E-state index contributed by atoms with van der Waals surface area (Å²) < 4.78 is 71.7. The van der Waals surface area contributed by atoms with Crippen LogP contribution in [-0.4, -0.2) is 88.9 Å². The average molecular weight is 627 g/mol. The van der Waals surface area contributed by atoms with Crippen LogP contribution in [0.3, 0.4) is 0 Å². The molecule has 0 radical (unpaired) electrons. The Morgan fingerprint density at radius 1 is 1.14 bits per heavy atom. The van der Waals surface area contributed by atoms with Gasteiger partial charge in [0.1, 0.15) is 10.4 Å². The number of sulfone groups is 1. The van der Waals surface area contributed by atoms with E-state index in [0.29, 0.717) is 29.6 Å². The molecule has 2 aliphatic heterocycles. The van der Waals surface area contributed by atoms with Gasteiger partial charge in [-0.2, -0.15) is 13.2 Å². The second-order valence-electron chi connectivity index (χ2n) is 9.77. The Kier molecular flexibility index (Phi) is 9.75. The average Bonchev–Trinajstić information content (AvgIpc) is 3.40. The number of rotatable bonds is 5. The number of hydrogen-bond acceptors (Lipinski definition) is 10. The molecule has 0 saturated carbocycles. The summed E-state index contributed by atoms with van der Waals surface area (Å²) in [7, 11) is 0.846. The van der Waals surface area contributed by atoms with E-state index in [2.05, 4.69) is 30.2 Å². The van der Waals surface area contributed by atoms with Crippen molar-refractivity contribution in [3.63, 3.8) is 0 Å². The molecule has 1 saturated heterocycles. The minimum Gasteiger partial charge on any atom is -0.388 e. The lowest BCUT2D eigenvalue weighted by Crippen LogP contribution is -2.43. The number of carbonyl (C=O) groups is 1. The highest BCUT2D eigenvalue weighted by Gasteiger charge is 2.38. The third kappa shape index (κ3) is 6.85. The molecule has 2 N–H and O–H groups in total. The molecule has 1 aromatic carbocycles. The van der Waals surface area contributed by atoms with Gasteiger partial charge in [-0.05, 0) is 36.2 Å². The Morgan fingerprint density at radius 3 is 2.48 bits per heavy atom. The Balaban J connectivity index is 0.00000129. The fraction of sp³-hybridized carbons (Fsp3) is 0.444. The van der Waals surface area contributed by atoms with Crippen molar-refractivity contribution in [2.24, 2.45) is 0 Å². The lowest BCUT2D eigenvalue weighted by atomic mass is 10.1. The SMILES string of the molecule is CCc1cc(N2CCNCC2)ccc1Nc1ncc(C(F)(F)F)c(-c2cc3c(s2)C(=O)N(C)CCS3(=O)=O)n1.COC. The van der Waals surface area contributed by atoms with Crippen LogP contribution in [0.5, 0.6) is 0 Å². The molecule has 228 valence electrons. The van der Waals surface area contributed by atoms with Crippen LogP contribution in [0.1, 0.15) is 27.7 Å². The van der Waals surface area contributed by atoms with Crippen LogP contribution in [0.4, 0.5) is 30.5 Å². The topological polar surface area (TPSA) is 117 Å². The van der Waals surface area contributed by atoms with Crippen LogP contribution in [0.25, 0.3) is 10.6 Å². The smallest absolute Gasteiger partial charge is 0.388 e. The Hall–Kier alpha value is -3.27. The summed E-state index contributed by atoms with van der Waals surface area (Å²) in [6.45, 7) is 5.51. The summed E-state index contributed by atoms with van der Waals surface area (Å²) in [6.07, 6.45) is -3.45. The maximum absolute atomic E-state index is 14.0. The van der Waals surface area contributed by atoms with Crippen molar-refractivity contribution in [3.8, 4) is 10.6 Å². The first kappa shape index (κ1) is 31.7. The summed E-state index contributed by atoms with van der Waals surface area (Å²) in [5.74, 6) is -0.942. The van der Waals surface area contributed by atoms with Gasteiger partial charge in [0.15, 0.2) is 9.84 Å². The summed E-state index contributed by atoms with van der Waals surface area (Å²) in [5, 5.41) is 6.35. The zero-order valence-electron chi connectivity index (χ0n) is 23.7. The molecular formula is C27H33F3N6O4S2. The van der Waals surface area contributed by atoms with Crippen LogP contribution < -0.4 is 15.5 Å². The summed E-state index contributed by atoms with van der Waals surface area (Å²) in [6, 6.07) is 6.96. The highest BCUT2D eigenvalue weighted by atomic mass is 32.2. The minimum absolute atomic E-state index is 0.000473. The van der Waals surface area contributed by atoms with Crippen molar-refractivity contribution in [1.29, 1.82) is 0 Å². The third-order valence-electron chi connectivity index (χ3n) is 6.80. The fourth-order valence-corrected chi connectivity index (χ4v) is 7.62. The first-order valence-electron chi connectivity index (χ1n) is 13.2. The number of nitrogens with zero attached hydrogens (tertiary/aromatic N) is 4.